The van der Waals surface area contributed by atoms with Crippen LogP contribution >= 0.6 is 0 Å². The molecule has 0 aromatic heterocycles. The normalized spacial score (nSPS) is 40.4. The fraction of sp³-hybridized carbons (Fsp3) is 0.636. The second-order valence-corrected chi connectivity index (χ2v) is 8.80. The summed E-state index contributed by atoms with van der Waals surface area (Å²) in [4.78, 5) is 13.2. The van der Waals surface area contributed by atoms with Crippen LogP contribution in [-0.2, 0) is 11.2 Å². The van der Waals surface area contributed by atoms with E-state index in [1.54, 1.807) is 0 Å². The van der Waals surface area contributed by atoms with Crippen LogP contribution in [0.15, 0.2) is 18.2 Å². The maximum Gasteiger partial charge on any atom is 0.144 e. The van der Waals surface area contributed by atoms with Crippen molar-refractivity contribution in [2.45, 2.75) is 65.2 Å². The number of nitriles is 1. The molecule has 0 radical (unpaired) electrons. The highest BCUT2D eigenvalue weighted by atomic mass is 16.1. The number of Topliss-reactive ketones (excluding diaryl/α,β-unsaturated/α-hetero) is 1. The molecule has 3 aliphatic rings. The molecule has 3 unspecified atom stereocenters. The Hall–Kier alpha value is -1.62. The van der Waals surface area contributed by atoms with Gasteiger partial charge >= 0.3 is 0 Å². The Balaban J connectivity index is 1.75. The van der Waals surface area contributed by atoms with Gasteiger partial charge in [-0.05, 0) is 73.5 Å². The zero-order valence-electron chi connectivity index (χ0n) is 15.1. The van der Waals surface area contributed by atoms with Crippen LogP contribution in [0.5, 0.6) is 0 Å². The number of carbonyl (C=O) groups is 1. The Morgan fingerprint density at radius 3 is 2.79 bits per heavy atom. The van der Waals surface area contributed by atoms with E-state index in [2.05, 4.69) is 32.9 Å². The van der Waals surface area contributed by atoms with Gasteiger partial charge in [0.1, 0.15) is 5.78 Å². The van der Waals surface area contributed by atoms with Crippen molar-refractivity contribution >= 4 is 5.78 Å². The molecule has 0 heterocycles. The summed E-state index contributed by atoms with van der Waals surface area (Å²) in [6, 6.07) is 8.62. The van der Waals surface area contributed by atoms with E-state index < -0.39 is 0 Å². The van der Waals surface area contributed by atoms with Crippen molar-refractivity contribution in [3.63, 3.8) is 0 Å². The highest BCUT2D eigenvalue weighted by molar-refractivity contribution is 5.92. The van der Waals surface area contributed by atoms with Gasteiger partial charge in [0, 0.05) is 10.8 Å². The lowest BCUT2D eigenvalue weighted by molar-refractivity contribution is -0.135. The maximum atomic E-state index is 13.2. The molecule has 5 atom stereocenters. The molecule has 1 aromatic carbocycles. The van der Waals surface area contributed by atoms with Crippen LogP contribution in [0.3, 0.4) is 0 Å². The van der Waals surface area contributed by atoms with Gasteiger partial charge in [-0.25, -0.2) is 0 Å². The van der Waals surface area contributed by atoms with Gasteiger partial charge in [0.05, 0.1) is 11.6 Å². The number of fused-ring (bicyclic) bond motifs is 5. The van der Waals surface area contributed by atoms with Crippen LogP contribution in [0.2, 0.25) is 0 Å². The molecule has 0 spiro atoms. The highest BCUT2D eigenvalue weighted by Gasteiger charge is 2.61. The number of rotatable bonds is 1. The molecule has 2 fully saturated rings. The van der Waals surface area contributed by atoms with Crippen molar-refractivity contribution in [2.24, 2.45) is 22.7 Å². The summed E-state index contributed by atoms with van der Waals surface area (Å²) in [7, 11) is 0. The highest BCUT2D eigenvalue weighted by Crippen LogP contribution is 2.64. The zero-order chi connectivity index (χ0) is 17.1. The van der Waals surface area contributed by atoms with Gasteiger partial charge in [0.2, 0.25) is 0 Å². The van der Waals surface area contributed by atoms with Crippen LogP contribution in [0, 0.1) is 34.0 Å². The lowest BCUT2D eigenvalue weighted by Crippen LogP contribution is -2.43. The summed E-state index contributed by atoms with van der Waals surface area (Å²) in [5.74, 6) is 2.21. The van der Waals surface area contributed by atoms with E-state index in [1.807, 2.05) is 12.1 Å². The van der Waals surface area contributed by atoms with Crippen molar-refractivity contribution in [1.29, 1.82) is 5.26 Å². The number of ketones is 1. The maximum absolute atomic E-state index is 13.2. The monoisotopic (exact) mass is 321 g/mol. The molecular weight excluding hydrogens is 294 g/mol. The predicted octanol–water partition coefficient (Wildman–Crippen LogP) is 5.01. The van der Waals surface area contributed by atoms with Crippen molar-refractivity contribution in [1.82, 2.24) is 0 Å². The van der Waals surface area contributed by atoms with Gasteiger partial charge in [-0.2, -0.15) is 5.26 Å². The zero-order valence-corrected chi connectivity index (χ0v) is 15.1. The van der Waals surface area contributed by atoms with Gasteiger partial charge in [0.15, 0.2) is 0 Å². The standard InChI is InChI=1S/C22H27NO/c1-4-21(2)12-19-18-9-8-15-14(13-23)6-5-7-16(15)17(18)10-11-22(19,3)20(21)24/h5-7,17-19H,4,8-12H2,1-3H3/t17?,18?,19?,21-,22-/m0/s1. The van der Waals surface area contributed by atoms with Crippen LogP contribution in [0.1, 0.15) is 75.5 Å². The number of hydrogen-bond donors (Lipinski definition) is 0. The van der Waals surface area contributed by atoms with Crippen LogP contribution in [0.4, 0.5) is 0 Å². The second-order valence-electron chi connectivity index (χ2n) is 8.80. The molecule has 0 aliphatic heterocycles. The second kappa shape index (κ2) is 5.19. The van der Waals surface area contributed by atoms with Gasteiger partial charge in [-0.3, -0.25) is 4.79 Å². The molecule has 3 aliphatic carbocycles. The van der Waals surface area contributed by atoms with Crippen molar-refractivity contribution in [3.05, 3.63) is 34.9 Å². The van der Waals surface area contributed by atoms with E-state index in [4.69, 9.17) is 0 Å². The van der Waals surface area contributed by atoms with E-state index in [9.17, 15) is 10.1 Å². The van der Waals surface area contributed by atoms with E-state index >= 15 is 0 Å². The average Bonchev–Trinajstić information content (AvgIpc) is 2.82. The lowest BCUT2D eigenvalue weighted by atomic mass is 9.55. The third-order valence-electron chi connectivity index (χ3n) is 7.80. The molecule has 0 N–H and O–H groups in total. The summed E-state index contributed by atoms with van der Waals surface area (Å²) in [6.07, 6.45) is 6.29. The Kier molecular flexibility index (Phi) is 3.43. The van der Waals surface area contributed by atoms with Crippen molar-refractivity contribution < 1.29 is 4.79 Å². The predicted molar refractivity (Wildman–Crippen MR) is 94.6 cm³/mol. The van der Waals surface area contributed by atoms with Crippen LogP contribution in [-0.4, -0.2) is 5.78 Å². The molecule has 1 aromatic rings. The third-order valence-corrected chi connectivity index (χ3v) is 7.80. The molecule has 126 valence electrons. The minimum atomic E-state index is -0.122. The largest absolute Gasteiger partial charge is 0.298 e. The smallest absolute Gasteiger partial charge is 0.144 e. The van der Waals surface area contributed by atoms with Gasteiger partial charge in [-0.1, -0.05) is 32.9 Å². The molecule has 2 nitrogen and oxygen atoms in total. The Morgan fingerprint density at radius 2 is 2.08 bits per heavy atom. The van der Waals surface area contributed by atoms with Crippen molar-refractivity contribution in [3.8, 4) is 6.07 Å². The first-order chi connectivity index (χ1) is 11.4. The quantitative estimate of drug-likeness (QED) is 0.729. The molecule has 24 heavy (non-hydrogen) atoms. The molecule has 4 rings (SSSR count). The lowest BCUT2D eigenvalue weighted by Gasteiger charge is -2.48. The van der Waals surface area contributed by atoms with Gasteiger partial charge in [0.25, 0.3) is 0 Å². The molecule has 2 saturated carbocycles. The van der Waals surface area contributed by atoms with E-state index in [0.29, 0.717) is 23.5 Å². The number of nitrogens with zero attached hydrogens (tertiary/aromatic N) is 1. The van der Waals surface area contributed by atoms with E-state index in [0.717, 1.165) is 44.1 Å². The Morgan fingerprint density at radius 1 is 1.29 bits per heavy atom. The van der Waals surface area contributed by atoms with Crippen molar-refractivity contribution in [2.75, 3.05) is 0 Å². The number of hydrogen-bond acceptors (Lipinski definition) is 2. The minimum absolute atomic E-state index is 0.115. The summed E-state index contributed by atoms with van der Waals surface area (Å²) >= 11 is 0. The van der Waals surface area contributed by atoms with Crippen LogP contribution < -0.4 is 0 Å². The average molecular weight is 321 g/mol. The van der Waals surface area contributed by atoms with E-state index in [1.165, 1.54) is 11.1 Å². The topological polar surface area (TPSA) is 40.9 Å². The first-order valence-electron chi connectivity index (χ1n) is 9.51. The Bertz CT molecular complexity index is 745. The summed E-state index contributed by atoms with van der Waals surface area (Å²) < 4.78 is 0. The fourth-order valence-corrected chi connectivity index (χ4v) is 6.27. The number of benzene rings is 1. The molecule has 0 saturated heterocycles. The molecule has 0 bridgehead atoms. The molecular formula is C22H27NO. The summed E-state index contributed by atoms with van der Waals surface area (Å²) in [6.45, 7) is 6.61. The Labute approximate surface area is 145 Å². The first-order valence-corrected chi connectivity index (χ1v) is 9.51. The SMILES string of the molecule is CC[C@@]1(C)CC2C3CCc4c(C#N)cccc4C3CC[C@]2(C)C1=O. The molecule has 2 heteroatoms. The summed E-state index contributed by atoms with van der Waals surface area (Å²) in [5.41, 5.74) is 3.32. The fourth-order valence-electron chi connectivity index (χ4n) is 6.27. The molecule has 0 amide bonds. The van der Waals surface area contributed by atoms with E-state index in [-0.39, 0.29) is 10.8 Å². The summed E-state index contributed by atoms with van der Waals surface area (Å²) in [5, 5.41) is 9.42. The van der Waals surface area contributed by atoms with Gasteiger partial charge in [-0.15, -0.1) is 0 Å². The first kappa shape index (κ1) is 15.9. The minimum Gasteiger partial charge on any atom is -0.298 e. The third kappa shape index (κ3) is 1.91. The van der Waals surface area contributed by atoms with Gasteiger partial charge < -0.3 is 0 Å². The number of carbonyl (C=O) groups excluding carboxylic acids is 1. The van der Waals surface area contributed by atoms with Crippen LogP contribution in [0.25, 0.3) is 0 Å².